The van der Waals surface area contributed by atoms with Crippen molar-refractivity contribution in [1.82, 2.24) is 15.0 Å². The van der Waals surface area contributed by atoms with Crippen molar-refractivity contribution in [2.75, 3.05) is 5.32 Å². The number of hydrogen-bond acceptors (Lipinski definition) is 6. The van der Waals surface area contributed by atoms with Crippen LogP contribution in [0.1, 0.15) is 48.9 Å². The van der Waals surface area contributed by atoms with Gasteiger partial charge in [0.1, 0.15) is 5.75 Å². The van der Waals surface area contributed by atoms with Crippen LogP contribution in [0.5, 0.6) is 11.8 Å². The Morgan fingerprint density at radius 2 is 1.94 bits per heavy atom. The number of aromatic nitrogens is 3. The van der Waals surface area contributed by atoms with Gasteiger partial charge in [-0.1, -0.05) is 31.2 Å². The van der Waals surface area contributed by atoms with E-state index in [2.05, 4.69) is 33.3 Å². The van der Waals surface area contributed by atoms with E-state index in [0.29, 0.717) is 18.2 Å². The Balaban J connectivity index is 0.000000806. The number of rotatable bonds is 4. The van der Waals surface area contributed by atoms with Crippen LogP contribution in [0.4, 0.5) is 5.69 Å². The first-order valence-corrected chi connectivity index (χ1v) is 11.6. The van der Waals surface area contributed by atoms with Crippen LogP contribution >= 0.6 is 0 Å². The van der Waals surface area contributed by atoms with Gasteiger partial charge in [0.2, 0.25) is 0 Å². The first kappa shape index (κ1) is 22.4. The van der Waals surface area contributed by atoms with Gasteiger partial charge in [-0.2, -0.15) is 14.6 Å². The van der Waals surface area contributed by atoms with Crippen molar-refractivity contribution in [2.45, 2.75) is 38.5 Å². The Kier molecular flexibility index (Phi) is 6.04. The molecule has 1 aliphatic heterocycles. The van der Waals surface area contributed by atoms with E-state index in [1.54, 1.807) is 0 Å². The Bertz CT molecular complexity index is 1440. The van der Waals surface area contributed by atoms with Crippen LogP contribution in [-0.2, 0) is 20.8 Å². The van der Waals surface area contributed by atoms with Gasteiger partial charge >= 0.3 is 6.15 Å². The summed E-state index contributed by atoms with van der Waals surface area (Å²) in [6.07, 6.45) is 5.60. The highest BCUT2D eigenvalue weighted by Gasteiger charge is 2.36. The number of aromatic amines is 2. The van der Waals surface area contributed by atoms with E-state index >= 15 is 0 Å². The number of ether oxygens (including phenoxy) is 1. The summed E-state index contributed by atoms with van der Waals surface area (Å²) in [5.41, 5.74) is 8.22. The number of para-hydroxylation sites is 2. The lowest BCUT2D eigenvalue weighted by molar-refractivity contribution is -0.191. The van der Waals surface area contributed by atoms with Gasteiger partial charge in [-0.05, 0) is 49.1 Å². The van der Waals surface area contributed by atoms with Crippen molar-refractivity contribution in [2.24, 2.45) is 0 Å². The maximum atomic E-state index is 13.0. The highest BCUT2D eigenvalue weighted by molar-refractivity contribution is 6.01. The predicted molar refractivity (Wildman–Crippen MR) is 129 cm³/mol. The van der Waals surface area contributed by atoms with Crippen LogP contribution in [0.2, 0.25) is 0 Å². The monoisotopic (exact) mass is 468 g/mol. The number of aryl methyl sites for hydroxylation is 1. The highest BCUT2D eigenvalue weighted by Crippen LogP contribution is 2.47. The fourth-order valence-electron chi connectivity index (χ4n) is 4.97. The van der Waals surface area contributed by atoms with Gasteiger partial charge in [0.15, 0.2) is 5.78 Å². The summed E-state index contributed by atoms with van der Waals surface area (Å²) < 4.78 is 6.08. The fourth-order valence-corrected chi connectivity index (χ4v) is 4.97. The molecule has 8 nitrogen and oxygen atoms in total. The number of ketones is 1. The van der Waals surface area contributed by atoms with Crippen LogP contribution in [0.3, 0.4) is 0 Å². The van der Waals surface area contributed by atoms with Crippen LogP contribution in [-0.4, -0.2) is 26.9 Å². The van der Waals surface area contributed by atoms with E-state index in [1.807, 2.05) is 48.7 Å². The zero-order valence-electron chi connectivity index (χ0n) is 19.2. The van der Waals surface area contributed by atoms with Crippen molar-refractivity contribution in [3.05, 3.63) is 82.8 Å². The quantitative estimate of drug-likeness (QED) is 0.378. The molecule has 0 saturated carbocycles. The van der Waals surface area contributed by atoms with Crippen molar-refractivity contribution < 1.29 is 19.1 Å². The lowest BCUT2D eigenvalue weighted by atomic mass is 9.76. The molecule has 35 heavy (non-hydrogen) atoms. The molecule has 3 N–H and O–H groups in total. The van der Waals surface area contributed by atoms with Gasteiger partial charge in [0.05, 0.1) is 16.7 Å². The second-order valence-electron chi connectivity index (χ2n) is 8.50. The number of imidazole rings is 1. The van der Waals surface area contributed by atoms with E-state index in [0.717, 1.165) is 58.4 Å². The van der Waals surface area contributed by atoms with E-state index < -0.39 is 0 Å². The van der Waals surface area contributed by atoms with Gasteiger partial charge in [-0.3, -0.25) is 4.79 Å². The normalized spacial score (nSPS) is 16.5. The molecule has 3 heterocycles. The molecule has 0 fully saturated rings. The van der Waals surface area contributed by atoms with E-state index in [4.69, 9.17) is 14.3 Å². The van der Waals surface area contributed by atoms with Gasteiger partial charge in [0, 0.05) is 41.1 Å². The minimum atomic E-state index is -0.107. The van der Waals surface area contributed by atoms with E-state index in [1.165, 1.54) is 5.69 Å². The minimum absolute atomic E-state index is 0.107. The number of hydrogen-bond donors (Lipinski definition) is 3. The van der Waals surface area contributed by atoms with Crippen LogP contribution in [0.15, 0.2) is 66.0 Å². The smallest absolute Gasteiger partial charge is 0.373 e. The molecular formula is C27H24N4O4. The number of Topliss-reactive ketones (excluding diaryl/α,β-unsaturated/α-hetero) is 1. The topological polar surface area (TPSA) is 117 Å². The molecule has 2 aliphatic rings. The molecule has 1 atom stereocenters. The SMILES string of the molecule is CCc1[nH]cc2c1NC1=C(C(=O)CCC1)C2c1cccc(Oc2nc3ccccc3[nH]2)c1.O=C=O. The number of carbonyl (C=O) groups is 1. The van der Waals surface area contributed by atoms with Crippen LogP contribution in [0.25, 0.3) is 11.0 Å². The summed E-state index contributed by atoms with van der Waals surface area (Å²) in [5, 5.41) is 3.58. The molecule has 0 spiro atoms. The summed E-state index contributed by atoms with van der Waals surface area (Å²) in [7, 11) is 0. The highest BCUT2D eigenvalue weighted by atomic mass is 16.5. The molecule has 1 unspecified atom stereocenters. The number of H-pyrrole nitrogens is 2. The largest absolute Gasteiger partial charge is 0.426 e. The predicted octanol–water partition coefficient (Wildman–Crippen LogP) is 5.23. The molecule has 0 radical (unpaired) electrons. The van der Waals surface area contributed by atoms with E-state index in [-0.39, 0.29) is 17.9 Å². The molecule has 4 aromatic rings. The third kappa shape index (κ3) is 4.16. The molecule has 0 saturated heterocycles. The number of anilines is 1. The zero-order valence-corrected chi connectivity index (χ0v) is 19.2. The van der Waals surface area contributed by atoms with Gasteiger partial charge in [-0.15, -0.1) is 0 Å². The lowest BCUT2D eigenvalue weighted by Gasteiger charge is -2.33. The first-order chi connectivity index (χ1) is 17.1. The first-order valence-electron chi connectivity index (χ1n) is 11.6. The summed E-state index contributed by atoms with van der Waals surface area (Å²) in [5.74, 6) is 0.820. The third-order valence-electron chi connectivity index (χ3n) is 6.45. The Labute approximate surface area is 201 Å². The standard InChI is InChI=1S/C26H24N4O2.CO2/c1-2-18-25-17(14-27-18)23(24-21(28-25)11-6-12-22(24)31)15-7-5-8-16(13-15)32-26-29-19-9-3-4-10-20(19)30-26;2-1-3/h3-5,7-10,13-14,23,27-28H,2,6,11-12H2,1H3,(H,29,30);. The summed E-state index contributed by atoms with van der Waals surface area (Å²) >= 11 is 0. The van der Waals surface area contributed by atoms with Crippen molar-refractivity contribution in [1.29, 1.82) is 0 Å². The second-order valence-corrected chi connectivity index (χ2v) is 8.50. The van der Waals surface area contributed by atoms with Gasteiger partial charge in [0.25, 0.3) is 6.01 Å². The second kappa shape index (κ2) is 9.44. The molecule has 0 amide bonds. The molecule has 1 aliphatic carbocycles. The summed E-state index contributed by atoms with van der Waals surface area (Å²) in [4.78, 5) is 40.4. The van der Waals surface area contributed by atoms with Gasteiger partial charge in [-0.25, -0.2) is 0 Å². The molecule has 2 aromatic heterocycles. The average Bonchev–Trinajstić information content (AvgIpc) is 3.46. The lowest BCUT2D eigenvalue weighted by Crippen LogP contribution is -2.26. The van der Waals surface area contributed by atoms with Crippen molar-refractivity contribution >= 4 is 28.7 Å². The molecule has 0 bridgehead atoms. The molecule has 6 rings (SSSR count). The summed E-state index contributed by atoms with van der Waals surface area (Å²) in [6, 6.07) is 16.3. The Morgan fingerprint density at radius 3 is 2.74 bits per heavy atom. The van der Waals surface area contributed by atoms with Crippen molar-refractivity contribution in [3.63, 3.8) is 0 Å². The van der Waals surface area contributed by atoms with Gasteiger partial charge < -0.3 is 20.0 Å². The zero-order chi connectivity index (χ0) is 24.4. The average molecular weight is 469 g/mol. The van der Waals surface area contributed by atoms with E-state index in [9.17, 15) is 4.79 Å². The number of fused-ring (bicyclic) bond motifs is 2. The maximum absolute atomic E-state index is 13.0. The number of allylic oxidation sites excluding steroid dienone is 2. The number of nitrogens with one attached hydrogen (secondary N) is 3. The molecule has 176 valence electrons. The molecule has 8 heteroatoms. The van der Waals surface area contributed by atoms with Crippen molar-refractivity contribution in [3.8, 4) is 11.8 Å². The third-order valence-corrected chi connectivity index (χ3v) is 6.45. The Morgan fingerprint density at radius 1 is 1.11 bits per heavy atom. The minimum Gasteiger partial charge on any atom is -0.426 e. The molecular weight excluding hydrogens is 444 g/mol. The number of nitrogens with zero attached hydrogens (tertiary/aromatic N) is 1. The maximum Gasteiger partial charge on any atom is 0.373 e. The number of carbonyl (C=O) groups excluding carboxylic acids is 3. The van der Waals surface area contributed by atoms with Crippen LogP contribution in [0, 0.1) is 0 Å². The summed E-state index contributed by atoms with van der Waals surface area (Å²) in [6.45, 7) is 2.14. The Hall–Kier alpha value is -4.42. The molecule has 2 aromatic carbocycles. The number of benzene rings is 2. The van der Waals surface area contributed by atoms with Crippen LogP contribution < -0.4 is 10.1 Å². The fraction of sp³-hybridized carbons (Fsp3) is 0.222.